The highest BCUT2D eigenvalue weighted by atomic mass is 16.7. The number of methoxy groups -OCH3 is 4. The van der Waals surface area contributed by atoms with E-state index in [1.165, 1.54) is 0 Å². The van der Waals surface area contributed by atoms with E-state index >= 15 is 0 Å². The molecule has 0 aliphatic rings. The van der Waals surface area contributed by atoms with Crippen molar-refractivity contribution in [3.63, 3.8) is 0 Å². The van der Waals surface area contributed by atoms with E-state index < -0.39 is 12.2 Å². The normalized spacial score (nSPS) is 12.8. The lowest BCUT2D eigenvalue weighted by Gasteiger charge is -2.18. The number of hydrogen-bond acceptors (Lipinski definition) is 8. The Morgan fingerprint density at radius 1 is 0.656 bits per heavy atom. The predicted molar refractivity (Wildman–Crippen MR) is 119 cm³/mol. The molecule has 8 nitrogen and oxygen atoms in total. The molecule has 32 heavy (non-hydrogen) atoms. The van der Waals surface area contributed by atoms with Gasteiger partial charge in [0.15, 0.2) is 13.6 Å². The van der Waals surface area contributed by atoms with Gasteiger partial charge in [0.05, 0.1) is 26.4 Å². The average molecular weight is 451 g/mol. The van der Waals surface area contributed by atoms with Crippen molar-refractivity contribution >= 4 is 0 Å². The van der Waals surface area contributed by atoms with E-state index in [0.29, 0.717) is 59.8 Å². The molecule has 178 valence electrons. The summed E-state index contributed by atoms with van der Waals surface area (Å²) in [6, 6.07) is 10.6. The minimum Gasteiger partial charge on any atom is -0.497 e. The van der Waals surface area contributed by atoms with Crippen molar-refractivity contribution in [1.29, 1.82) is 0 Å². The van der Waals surface area contributed by atoms with E-state index in [2.05, 4.69) is 0 Å². The molecule has 0 aliphatic carbocycles. The van der Waals surface area contributed by atoms with Crippen LogP contribution in [0.5, 0.6) is 23.0 Å². The van der Waals surface area contributed by atoms with Gasteiger partial charge in [-0.3, -0.25) is 0 Å². The van der Waals surface area contributed by atoms with Crippen molar-refractivity contribution in [1.82, 2.24) is 0 Å². The number of unbranched alkanes of at least 4 members (excludes halogenated alkanes) is 1. The van der Waals surface area contributed by atoms with Crippen LogP contribution in [0.4, 0.5) is 0 Å². The number of rotatable bonds is 15. The first-order valence-corrected chi connectivity index (χ1v) is 10.5. The molecule has 0 radical (unpaired) electrons. The second-order valence-electron chi connectivity index (χ2n) is 7.23. The zero-order valence-corrected chi connectivity index (χ0v) is 19.2. The van der Waals surface area contributed by atoms with Gasteiger partial charge in [-0.25, -0.2) is 0 Å². The molecule has 2 aromatic rings. The zero-order valence-electron chi connectivity index (χ0n) is 19.2. The molecule has 0 amide bonds. The summed E-state index contributed by atoms with van der Waals surface area (Å²) >= 11 is 0. The molecular weight excluding hydrogens is 416 g/mol. The number of aliphatic hydroxyl groups excluding tert-OH is 2. The van der Waals surface area contributed by atoms with E-state index in [9.17, 15) is 10.2 Å². The van der Waals surface area contributed by atoms with Gasteiger partial charge in [-0.15, -0.1) is 0 Å². The quantitative estimate of drug-likeness (QED) is 0.311. The van der Waals surface area contributed by atoms with Crippen molar-refractivity contribution in [2.75, 3.05) is 42.0 Å². The fourth-order valence-electron chi connectivity index (χ4n) is 3.32. The molecule has 2 N–H and O–H groups in total. The Morgan fingerprint density at radius 2 is 1.06 bits per heavy atom. The monoisotopic (exact) mass is 450 g/mol. The maximum Gasteiger partial charge on any atom is 0.188 e. The van der Waals surface area contributed by atoms with Crippen LogP contribution in [0.1, 0.15) is 49.0 Å². The highest BCUT2D eigenvalue weighted by molar-refractivity contribution is 5.42. The number of hydrogen-bond donors (Lipinski definition) is 2. The number of ether oxygens (including phenoxy) is 6. The van der Waals surface area contributed by atoms with Crippen molar-refractivity contribution in [3.8, 4) is 23.0 Å². The lowest BCUT2D eigenvalue weighted by molar-refractivity contribution is 0.0468. The first kappa shape index (κ1) is 25.7. The molecule has 2 unspecified atom stereocenters. The zero-order chi connectivity index (χ0) is 23.3. The smallest absolute Gasteiger partial charge is 0.188 e. The molecule has 2 rings (SSSR count). The minimum absolute atomic E-state index is 0.0895. The van der Waals surface area contributed by atoms with E-state index in [1.54, 1.807) is 64.8 Å². The summed E-state index contributed by atoms with van der Waals surface area (Å²) in [4.78, 5) is 0. The van der Waals surface area contributed by atoms with Crippen molar-refractivity contribution in [2.24, 2.45) is 0 Å². The Bertz CT molecular complexity index is 743. The summed E-state index contributed by atoms with van der Waals surface area (Å²) in [5.74, 6) is 2.38. The van der Waals surface area contributed by atoms with E-state index in [0.717, 1.165) is 0 Å². The van der Waals surface area contributed by atoms with Gasteiger partial charge in [-0.05, 0) is 49.2 Å². The third kappa shape index (κ3) is 7.56. The standard InChI is InChI=1S/C24H34O8/c1-27-15-31-23-11-9-17(29-3)13-19(23)21(25)7-5-6-8-22(26)20-14-18(30-4)10-12-24(20)32-16-28-2/h9-14,21-22,25-26H,5-8,15-16H2,1-4H3. The summed E-state index contributed by atoms with van der Waals surface area (Å²) < 4.78 is 31.6. The van der Waals surface area contributed by atoms with E-state index in [-0.39, 0.29) is 13.6 Å². The maximum absolute atomic E-state index is 10.7. The Kier molecular flexibility index (Phi) is 11.1. The van der Waals surface area contributed by atoms with E-state index in [1.807, 2.05) is 0 Å². The third-order valence-electron chi connectivity index (χ3n) is 5.02. The summed E-state index contributed by atoms with van der Waals surface area (Å²) in [6.07, 6.45) is 0.968. The van der Waals surface area contributed by atoms with Gasteiger partial charge in [0.2, 0.25) is 0 Å². The lowest BCUT2D eigenvalue weighted by Crippen LogP contribution is -2.07. The molecule has 2 aromatic carbocycles. The highest BCUT2D eigenvalue weighted by Gasteiger charge is 2.18. The third-order valence-corrected chi connectivity index (χ3v) is 5.02. The maximum atomic E-state index is 10.7. The molecule has 0 heterocycles. The van der Waals surface area contributed by atoms with Crippen LogP contribution in [0, 0.1) is 0 Å². The Morgan fingerprint density at radius 3 is 1.41 bits per heavy atom. The largest absolute Gasteiger partial charge is 0.497 e. The molecule has 0 saturated heterocycles. The fraction of sp³-hybridized carbons (Fsp3) is 0.500. The Labute approximate surface area is 189 Å². The summed E-state index contributed by atoms with van der Waals surface area (Å²) in [6.45, 7) is 0.179. The van der Waals surface area contributed by atoms with Crippen LogP contribution in [-0.4, -0.2) is 52.2 Å². The molecule has 0 spiro atoms. The summed E-state index contributed by atoms with van der Waals surface area (Å²) in [7, 11) is 6.23. The van der Waals surface area contributed by atoms with Gasteiger partial charge in [0, 0.05) is 25.3 Å². The summed E-state index contributed by atoms with van der Waals surface area (Å²) in [5.41, 5.74) is 1.29. The molecule has 0 saturated carbocycles. The van der Waals surface area contributed by atoms with Crippen LogP contribution in [0.2, 0.25) is 0 Å². The first-order valence-electron chi connectivity index (χ1n) is 10.5. The SMILES string of the molecule is COCOc1ccc(OC)cc1C(O)CCCCC(O)c1cc(OC)ccc1OCOC. The second-order valence-corrected chi connectivity index (χ2v) is 7.23. The minimum atomic E-state index is -0.730. The van der Waals surface area contributed by atoms with Crippen LogP contribution in [0.25, 0.3) is 0 Å². The second kappa shape index (κ2) is 13.8. The topological polar surface area (TPSA) is 95.8 Å². The Hall–Kier alpha value is -2.52. The fourth-order valence-corrected chi connectivity index (χ4v) is 3.32. The predicted octanol–water partition coefficient (Wildman–Crippen LogP) is 4.00. The van der Waals surface area contributed by atoms with Crippen LogP contribution in [0.3, 0.4) is 0 Å². The van der Waals surface area contributed by atoms with Crippen LogP contribution in [-0.2, 0) is 9.47 Å². The number of benzene rings is 2. The molecule has 0 fully saturated rings. The Balaban J connectivity index is 1.96. The highest BCUT2D eigenvalue weighted by Crippen LogP contribution is 2.34. The van der Waals surface area contributed by atoms with Crippen LogP contribution >= 0.6 is 0 Å². The van der Waals surface area contributed by atoms with Gasteiger partial charge < -0.3 is 38.6 Å². The van der Waals surface area contributed by atoms with Crippen LogP contribution in [0.15, 0.2) is 36.4 Å². The van der Waals surface area contributed by atoms with E-state index in [4.69, 9.17) is 28.4 Å². The van der Waals surface area contributed by atoms with Gasteiger partial charge in [0.1, 0.15) is 23.0 Å². The van der Waals surface area contributed by atoms with Crippen LogP contribution < -0.4 is 18.9 Å². The molecule has 0 aromatic heterocycles. The molecule has 0 bridgehead atoms. The molecule has 8 heteroatoms. The lowest BCUT2D eigenvalue weighted by atomic mass is 9.98. The number of aliphatic hydroxyl groups is 2. The van der Waals surface area contributed by atoms with Crippen molar-refractivity contribution in [2.45, 2.75) is 37.9 Å². The molecule has 2 atom stereocenters. The summed E-state index contributed by atoms with van der Waals surface area (Å²) in [5, 5.41) is 21.4. The van der Waals surface area contributed by atoms with Gasteiger partial charge >= 0.3 is 0 Å². The average Bonchev–Trinajstić information content (AvgIpc) is 2.83. The molecular formula is C24H34O8. The van der Waals surface area contributed by atoms with Gasteiger partial charge in [0.25, 0.3) is 0 Å². The first-order chi connectivity index (χ1) is 15.5. The molecule has 0 aliphatic heterocycles. The van der Waals surface area contributed by atoms with Crippen molar-refractivity contribution < 1.29 is 38.6 Å². The van der Waals surface area contributed by atoms with Gasteiger partial charge in [-0.2, -0.15) is 0 Å². The van der Waals surface area contributed by atoms with Gasteiger partial charge in [-0.1, -0.05) is 12.8 Å². The van der Waals surface area contributed by atoms with Crippen molar-refractivity contribution in [3.05, 3.63) is 47.5 Å².